The van der Waals surface area contributed by atoms with Crippen LogP contribution in [0, 0.1) is 6.92 Å². The minimum absolute atomic E-state index is 0.00122. The van der Waals surface area contributed by atoms with Crippen LogP contribution < -0.4 is 5.69 Å². The fourth-order valence-electron chi connectivity index (χ4n) is 4.12. The third-order valence-electron chi connectivity index (χ3n) is 5.52. The van der Waals surface area contributed by atoms with Crippen molar-refractivity contribution in [1.29, 1.82) is 0 Å². The lowest BCUT2D eigenvalue weighted by Crippen LogP contribution is -2.30. The van der Waals surface area contributed by atoms with E-state index in [-0.39, 0.29) is 17.8 Å². The molecule has 7 nitrogen and oxygen atoms in total. The molecule has 4 aromatic rings. The Morgan fingerprint density at radius 1 is 1.00 bits per heavy atom. The number of fused-ring (bicyclic) bond motifs is 2. The Morgan fingerprint density at radius 2 is 1.76 bits per heavy atom. The van der Waals surface area contributed by atoms with Gasteiger partial charge in [-0.1, -0.05) is 6.07 Å². The van der Waals surface area contributed by atoms with Gasteiger partial charge in [-0.15, -0.1) is 0 Å². The number of hydrogen-bond donors (Lipinski definition) is 0. The lowest BCUT2D eigenvalue weighted by atomic mass is 10.2. The van der Waals surface area contributed by atoms with Gasteiger partial charge in [0.2, 0.25) is 0 Å². The minimum atomic E-state index is -4.54. The number of aromatic nitrogens is 4. The first-order chi connectivity index (χ1) is 15.4. The maximum absolute atomic E-state index is 13.2. The van der Waals surface area contributed by atoms with Crippen molar-refractivity contribution in [3.05, 3.63) is 64.5 Å². The van der Waals surface area contributed by atoms with Gasteiger partial charge in [-0.2, -0.15) is 13.2 Å². The number of hydrogen-bond acceptors (Lipinski definition) is 4. The number of aryl methyl sites for hydroxylation is 2. The first-order valence-corrected chi connectivity index (χ1v) is 12.4. The van der Waals surface area contributed by atoms with E-state index in [4.69, 9.17) is 0 Å². The van der Waals surface area contributed by atoms with Crippen LogP contribution in [-0.4, -0.2) is 45.3 Å². The predicted molar refractivity (Wildman–Crippen MR) is 120 cm³/mol. The standard InChI is InChI=1S/C22H23F3N4O3S/c1-15-4-5-19-20(10-15)28(21(30)29(19)14-22(23,24)25)13-17-11-16-12-26-7-6-18(16)27(17)8-3-9-33(2,31)32/h4-7,10-12H,3,8-9,13-14H2,1-2H3. The third-order valence-corrected chi connectivity index (χ3v) is 6.55. The summed E-state index contributed by atoms with van der Waals surface area (Å²) in [4.78, 5) is 17.2. The van der Waals surface area contributed by atoms with Gasteiger partial charge in [0.25, 0.3) is 0 Å². The average molecular weight is 481 g/mol. The SMILES string of the molecule is Cc1ccc2c(c1)n(Cc1cc3cnccc3n1CCCS(C)(=O)=O)c(=O)n2CC(F)(F)F. The molecule has 11 heteroatoms. The van der Waals surface area contributed by atoms with E-state index in [9.17, 15) is 26.4 Å². The van der Waals surface area contributed by atoms with E-state index in [1.807, 2.05) is 17.6 Å². The molecule has 0 amide bonds. The molecule has 0 aliphatic carbocycles. The Morgan fingerprint density at radius 3 is 2.45 bits per heavy atom. The van der Waals surface area contributed by atoms with E-state index in [0.717, 1.165) is 21.0 Å². The van der Waals surface area contributed by atoms with Crippen LogP contribution in [0.2, 0.25) is 0 Å². The fourth-order valence-corrected chi connectivity index (χ4v) is 4.78. The molecule has 33 heavy (non-hydrogen) atoms. The van der Waals surface area contributed by atoms with Gasteiger partial charge in [-0.05, 0) is 43.2 Å². The summed E-state index contributed by atoms with van der Waals surface area (Å²) in [5, 5.41) is 0.801. The molecule has 176 valence electrons. The zero-order valence-electron chi connectivity index (χ0n) is 18.1. The van der Waals surface area contributed by atoms with Crippen molar-refractivity contribution in [2.45, 2.75) is 39.2 Å². The molecule has 0 atom stereocenters. The van der Waals surface area contributed by atoms with Crippen LogP contribution in [0.15, 0.2) is 47.5 Å². The van der Waals surface area contributed by atoms with E-state index in [1.165, 1.54) is 16.9 Å². The lowest BCUT2D eigenvalue weighted by Gasteiger charge is -2.11. The van der Waals surface area contributed by atoms with E-state index >= 15 is 0 Å². The second kappa shape index (κ2) is 8.36. The zero-order valence-corrected chi connectivity index (χ0v) is 18.9. The van der Waals surface area contributed by atoms with Crippen molar-refractivity contribution in [2.24, 2.45) is 0 Å². The number of alkyl halides is 3. The number of rotatable bonds is 7. The van der Waals surface area contributed by atoms with E-state index < -0.39 is 28.2 Å². The van der Waals surface area contributed by atoms with Crippen LogP contribution in [0.5, 0.6) is 0 Å². The van der Waals surface area contributed by atoms with Gasteiger partial charge in [0.05, 0.1) is 28.8 Å². The van der Waals surface area contributed by atoms with Gasteiger partial charge in [-0.3, -0.25) is 14.1 Å². The fraction of sp³-hybridized carbons (Fsp3) is 0.364. The highest BCUT2D eigenvalue weighted by Crippen LogP contribution is 2.24. The Labute approximate surface area is 188 Å². The van der Waals surface area contributed by atoms with Gasteiger partial charge in [0.15, 0.2) is 0 Å². The van der Waals surface area contributed by atoms with Gasteiger partial charge >= 0.3 is 11.9 Å². The molecule has 0 fully saturated rings. The summed E-state index contributed by atoms with van der Waals surface area (Å²) in [6.45, 7) is 0.852. The highest BCUT2D eigenvalue weighted by Gasteiger charge is 2.31. The first kappa shape index (κ1) is 23.1. The molecule has 0 aliphatic heterocycles. The van der Waals surface area contributed by atoms with Gasteiger partial charge < -0.3 is 4.57 Å². The molecule has 3 aromatic heterocycles. The summed E-state index contributed by atoms with van der Waals surface area (Å²) >= 11 is 0. The smallest absolute Gasteiger partial charge is 0.343 e. The molecule has 0 N–H and O–H groups in total. The molecule has 0 bridgehead atoms. The molecule has 0 saturated heterocycles. The Kier molecular flexibility index (Phi) is 5.85. The van der Waals surface area contributed by atoms with Gasteiger partial charge in [0, 0.05) is 36.3 Å². The summed E-state index contributed by atoms with van der Waals surface area (Å²) in [7, 11) is -3.15. The summed E-state index contributed by atoms with van der Waals surface area (Å²) in [5.41, 5.74) is 2.19. The number of nitrogens with zero attached hydrogens (tertiary/aromatic N) is 4. The Balaban J connectivity index is 1.82. The van der Waals surface area contributed by atoms with Crippen molar-refractivity contribution in [1.82, 2.24) is 18.7 Å². The van der Waals surface area contributed by atoms with Crippen LogP contribution in [0.3, 0.4) is 0 Å². The summed E-state index contributed by atoms with van der Waals surface area (Å²) in [6.07, 6.45) is 0.264. The average Bonchev–Trinajstić information content (AvgIpc) is 3.17. The van der Waals surface area contributed by atoms with Crippen LogP contribution in [-0.2, 0) is 29.5 Å². The molecular formula is C22H23F3N4O3S. The molecule has 1 aromatic carbocycles. The molecule has 0 radical (unpaired) electrons. The summed E-state index contributed by atoms with van der Waals surface area (Å²) in [5.74, 6) is 0.00122. The topological polar surface area (TPSA) is 78.9 Å². The highest BCUT2D eigenvalue weighted by molar-refractivity contribution is 7.90. The maximum Gasteiger partial charge on any atom is 0.406 e. The van der Waals surface area contributed by atoms with Crippen molar-refractivity contribution in [3.8, 4) is 0 Å². The minimum Gasteiger partial charge on any atom is -0.343 e. The summed E-state index contributed by atoms with van der Waals surface area (Å²) in [6, 6.07) is 8.52. The largest absolute Gasteiger partial charge is 0.406 e. The highest BCUT2D eigenvalue weighted by atomic mass is 32.2. The van der Waals surface area contributed by atoms with Crippen molar-refractivity contribution < 1.29 is 21.6 Å². The Hall–Kier alpha value is -3.08. The molecule has 0 unspecified atom stereocenters. The van der Waals surface area contributed by atoms with Crippen LogP contribution in [0.1, 0.15) is 17.7 Å². The zero-order chi connectivity index (χ0) is 24.0. The molecular weight excluding hydrogens is 457 g/mol. The second-order valence-corrected chi connectivity index (χ2v) is 10.5. The first-order valence-electron chi connectivity index (χ1n) is 10.3. The molecule has 0 aliphatic rings. The molecule has 4 rings (SSSR count). The van der Waals surface area contributed by atoms with E-state index in [0.29, 0.717) is 24.2 Å². The Bertz CT molecular complexity index is 1500. The van der Waals surface area contributed by atoms with Gasteiger partial charge in [-0.25, -0.2) is 13.2 Å². The quantitative estimate of drug-likeness (QED) is 0.406. The normalized spacial score (nSPS) is 12.8. The number of sulfone groups is 1. The van der Waals surface area contributed by atoms with E-state index in [2.05, 4.69) is 4.98 Å². The van der Waals surface area contributed by atoms with Crippen molar-refractivity contribution in [3.63, 3.8) is 0 Å². The van der Waals surface area contributed by atoms with Crippen molar-refractivity contribution in [2.75, 3.05) is 12.0 Å². The second-order valence-electron chi connectivity index (χ2n) is 8.27. The molecule has 0 saturated carbocycles. The monoisotopic (exact) mass is 480 g/mol. The van der Waals surface area contributed by atoms with Crippen molar-refractivity contribution >= 4 is 31.8 Å². The number of imidazole rings is 1. The molecule has 0 spiro atoms. The molecule has 3 heterocycles. The maximum atomic E-state index is 13.2. The predicted octanol–water partition coefficient (Wildman–Crippen LogP) is 3.51. The van der Waals surface area contributed by atoms with E-state index in [1.54, 1.807) is 30.6 Å². The number of halogens is 3. The summed E-state index contributed by atoms with van der Waals surface area (Å²) < 4.78 is 66.7. The van der Waals surface area contributed by atoms with Crippen LogP contribution >= 0.6 is 0 Å². The number of pyridine rings is 1. The number of benzene rings is 1. The van der Waals surface area contributed by atoms with Crippen LogP contribution in [0.25, 0.3) is 21.9 Å². The van der Waals surface area contributed by atoms with Crippen LogP contribution in [0.4, 0.5) is 13.2 Å². The lowest BCUT2D eigenvalue weighted by molar-refractivity contribution is -0.140. The third kappa shape index (κ3) is 4.97. The van der Waals surface area contributed by atoms with Gasteiger partial charge in [0.1, 0.15) is 16.4 Å².